The van der Waals surface area contributed by atoms with Gasteiger partial charge in [0, 0.05) is 17.0 Å². The average Bonchev–Trinajstić information content (AvgIpc) is 2.64. The quantitative estimate of drug-likeness (QED) is 0.561. The highest BCUT2D eigenvalue weighted by Crippen LogP contribution is 2.14. The molecular formula is C20H28N4. The van der Waals surface area contributed by atoms with E-state index in [1.165, 1.54) is 24.0 Å². The van der Waals surface area contributed by atoms with Gasteiger partial charge < -0.3 is 0 Å². The van der Waals surface area contributed by atoms with Gasteiger partial charge in [0.05, 0.1) is 5.71 Å². The van der Waals surface area contributed by atoms with Crippen LogP contribution < -0.4 is 5.43 Å². The molecule has 2 aromatic rings. The number of anilines is 1. The van der Waals surface area contributed by atoms with Crippen molar-refractivity contribution in [3.05, 3.63) is 52.8 Å². The highest BCUT2D eigenvalue weighted by molar-refractivity contribution is 6.00. The molecule has 2 rings (SSSR count). The SMILES string of the molecule is CCCCc1ccccc1C(C)=NNc1nc(CC)cc(CC)n1. The number of aromatic nitrogens is 2. The first-order chi connectivity index (χ1) is 11.7. The third kappa shape index (κ3) is 4.88. The Kier molecular flexibility index (Phi) is 6.91. The summed E-state index contributed by atoms with van der Waals surface area (Å²) in [6, 6.07) is 10.5. The third-order valence-electron chi connectivity index (χ3n) is 4.09. The topological polar surface area (TPSA) is 50.2 Å². The van der Waals surface area contributed by atoms with E-state index in [1.807, 2.05) is 6.92 Å². The number of benzene rings is 1. The molecule has 1 heterocycles. The van der Waals surface area contributed by atoms with Crippen molar-refractivity contribution < 1.29 is 0 Å². The second-order valence-corrected chi connectivity index (χ2v) is 5.95. The van der Waals surface area contributed by atoms with Gasteiger partial charge >= 0.3 is 0 Å². The van der Waals surface area contributed by atoms with Crippen LogP contribution in [0.15, 0.2) is 35.4 Å². The lowest BCUT2D eigenvalue weighted by molar-refractivity contribution is 0.794. The van der Waals surface area contributed by atoms with Crippen LogP contribution >= 0.6 is 0 Å². The predicted octanol–water partition coefficient (Wildman–Crippen LogP) is 4.78. The first kappa shape index (κ1) is 18.1. The van der Waals surface area contributed by atoms with E-state index in [4.69, 9.17) is 0 Å². The molecule has 0 amide bonds. The van der Waals surface area contributed by atoms with Gasteiger partial charge in [-0.3, -0.25) is 0 Å². The molecular weight excluding hydrogens is 296 g/mol. The minimum atomic E-state index is 0.580. The molecule has 1 aromatic heterocycles. The molecule has 0 aliphatic rings. The summed E-state index contributed by atoms with van der Waals surface area (Å²) in [5.41, 5.74) is 8.63. The lowest BCUT2D eigenvalue weighted by Gasteiger charge is -2.10. The number of nitrogens with zero attached hydrogens (tertiary/aromatic N) is 3. The lowest BCUT2D eigenvalue weighted by atomic mass is 9.99. The van der Waals surface area contributed by atoms with E-state index >= 15 is 0 Å². The number of unbranched alkanes of at least 4 members (excludes halogenated alkanes) is 1. The van der Waals surface area contributed by atoms with Crippen LogP contribution in [-0.2, 0) is 19.3 Å². The van der Waals surface area contributed by atoms with Gasteiger partial charge in [0.25, 0.3) is 0 Å². The van der Waals surface area contributed by atoms with Crippen LogP contribution in [0.1, 0.15) is 63.1 Å². The van der Waals surface area contributed by atoms with E-state index in [1.54, 1.807) is 0 Å². The van der Waals surface area contributed by atoms with E-state index in [0.29, 0.717) is 5.95 Å². The smallest absolute Gasteiger partial charge is 0.243 e. The zero-order chi connectivity index (χ0) is 17.4. The van der Waals surface area contributed by atoms with E-state index in [9.17, 15) is 0 Å². The first-order valence-electron chi connectivity index (χ1n) is 8.93. The van der Waals surface area contributed by atoms with Gasteiger partial charge in [-0.1, -0.05) is 51.5 Å². The standard InChI is InChI=1S/C20H28N4/c1-5-8-11-16-12-9-10-13-19(16)15(4)23-24-20-21-17(6-2)14-18(7-3)22-20/h9-10,12-14H,5-8,11H2,1-4H3,(H,21,22,24). The van der Waals surface area contributed by atoms with Crippen molar-refractivity contribution in [2.24, 2.45) is 5.10 Å². The summed E-state index contributed by atoms with van der Waals surface area (Å²) >= 11 is 0. The molecule has 0 aliphatic carbocycles. The molecule has 0 fully saturated rings. The summed E-state index contributed by atoms with van der Waals surface area (Å²) in [4.78, 5) is 9.02. The maximum absolute atomic E-state index is 4.53. The molecule has 1 N–H and O–H groups in total. The molecule has 0 spiro atoms. The van der Waals surface area contributed by atoms with E-state index in [2.05, 4.69) is 71.6 Å². The van der Waals surface area contributed by atoms with Crippen molar-refractivity contribution in [1.82, 2.24) is 9.97 Å². The summed E-state index contributed by atoms with van der Waals surface area (Å²) in [7, 11) is 0. The lowest BCUT2D eigenvalue weighted by Crippen LogP contribution is -2.07. The van der Waals surface area contributed by atoms with E-state index < -0.39 is 0 Å². The van der Waals surface area contributed by atoms with Crippen molar-refractivity contribution in [2.45, 2.75) is 59.8 Å². The van der Waals surface area contributed by atoms with Crippen molar-refractivity contribution >= 4 is 11.7 Å². The molecule has 0 atom stereocenters. The van der Waals surface area contributed by atoms with Gasteiger partial charge in [0.15, 0.2) is 0 Å². The molecule has 24 heavy (non-hydrogen) atoms. The fraction of sp³-hybridized carbons (Fsp3) is 0.450. The maximum Gasteiger partial charge on any atom is 0.243 e. The van der Waals surface area contributed by atoms with Crippen molar-refractivity contribution in [2.75, 3.05) is 5.43 Å². The Balaban J connectivity index is 2.20. The molecule has 0 saturated carbocycles. The molecule has 0 radical (unpaired) electrons. The maximum atomic E-state index is 4.53. The Labute approximate surface area is 145 Å². The van der Waals surface area contributed by atoms with Gasteiger partial charge in [-0.2, -0.15) is 5.10 Å². The summed E-state index contributed by atoms with van der Waals surface area (Å²) in [6.07, 6.45) is 5.26. The van der Waals surface area contributed by atoms with Crippen LogP contribution in [-0.4, -0.2) is 15.7 Å². The highest BCUT2D eigenvalue weighted by atomic mass is 15.4. The Hall–Kier alpha value is -2.23. The molecule has 0 saturated heterocycles. The number of rotatable bonds is 8. The average molecular weight is 324 g/mol. The van der Waals surface area contributed by atoms with Crippen molar-refractivity contribution in [3.8, 4) is 0 Å². The summed E-state index contributed by atoms with van der Waals surface area (Å²) in [5.74, 6) is 0.580. The molecule has 1 aromatic carbocycles. The summed E-state index contributed by atoms with van der Waals surface area (Å²) in [6.45, 7) is 8.45. The minimum absolute atomic E-state index is 0.580. The van der Waals surface area contributed by atoms with Gasteiger partial charge in [-0.25, -0.2) is 15.4 Å². The van der Waals surface area contributed by atoms with Crippen LogP contribution in [0.2, 0.25) is 0 Å². The number of hydrazone groups is 1. The highest BCUT2D eigenvalue weighted by Gasteiger charge is 2.06. The first-order valence-corrected chi connectivity index (χ1v) is 8.93. The van der Waals surface area contributed by atoms with E-state index in [0.717, 1.165) is 36.4 Å². The van der Waals surface area contributed by atoms with Crippen molar-refractivity contribution in [1.29, 1.82) is 0 Å². The zero-order valence-electron chi connectivity index (χ0n) is 15.3. The monoisotopic (exact) mass is 324 g/mol. The van der Waals surface area contributed by atoms with Crippen LogP contribution in [0, 0.1) is 0 Å². The number of nitrogens with one attached hydrogen (secondary N) is 1. The fourth-order valence-electron chi connectivity index (χ4n) is 2.62. The molecule has 0 bridgehead atoms. The minimum Gasteiger partial charge on any atom is -0.245 e. The molecule has 0 unspecified atom stereocenters. The zero-order valence-corrected chi connectivity index (χ0v) is 15.3. The number of hydrogen-bond donors (Lipinski definition) is 1. The molecule has 0 aliphatic heterocycles. The third-order valence-corrected chi connectivity index (χ3v) is 4.09. The number of aryl methyl sites for hydroxylation is 3. The predicted molar refractivity (Wildman–Crippen MR) is 102 cm³/mol. The van der Waals surface area contributed by atoms with Crippen LogP contribution in [0.3, 0.4) is 0 Å². The van der Waals surface area contributed by atoms with Gasteiger partial charge in [0.1, 0.15) is 0 Å². The van der Waals surface area contributed by atoms with Crippen LogP contribution in [0.5, 0.6) is 0 Å². The second kappa shape index (κ2) is 9.16. The van der Waals surface area contributed by atoms with Gasteiger partial charge in [-0.15, -0.1) is 0 Å². The Morgan fingerprint density at radius 2 is 1.71 bits per heavy atom. The largest absolute Gasteiger partial charge is 0.245 e. The van der Waals surface area contributed by atoms with Crippen LogP contribution in [0.25, 0.3) is 0 Å². The Bertz CT molecular complexity index is 670. The fourth-order valence-corrected chi connectivity index (χ4v) is 2.62. The summed E-state index contributed by atoms with van der Waals surface area (Å²) in [5, 5.41) is 4.53. The normalized spacial score (nSPS) is 11.6. The van der Waals surface area contributed by atoms with E-state index in [-0.39, 0.29) is 0 Å². The molecule has 4 nitrogen and oxygen atoms in total. The van der Waals surface area contributed by atoms with Gasteiger partial charge in [-0.05, 0) is 44.2 Å². The second-order valence-electron chi connectivity index (χ2n) is 5.95. The molecule has 4 heteroatoms. The van der Waals surface area contributed by atoms with Crippen LogP contribution in [0.4, 0.5) is 5.95 Å². The van der Waals surface area contributed by atoms with Crippen molar-refractivity contribution in [3.63, 3.8) is 0 Å². The molecule has 128 valence electrons. The van der Waals surface area contributed by atoms with Gasteiger partial charge in [0.2, 0.25) is 5.95 Å². The number of hydrogen-bond acceptors (Lipinski definition) is 4. The summed E-state index contributed by atoms with van der Waals surface area (Å²) < 4.78 is 0. The Morgan fingerprint density at radius 3 is 2.33 bits per heavy atom. The Morgan fingerprint density at radius 1 is 1.04 bits per heavy atom.